The Morgan fingerprint density at radius 1 is 1.29 bits per heavy atom. The van der Waals surface area contributed by atoms with Crippen LogP contribution in [0.3, 0.4) is 0 Å². The fourth-order valence-corrected chi connectivity index (χ4v) is 2.73. The summed E-state index contributed by atoms with van der Waals surface area (Å²) in [6, 6.07) is 5.20. The first-order valence-electron chi connectivity index (χ1n) is 6.16. The van der Waals surface area contributed by atoms with Crippen LogP contribution in [0, 0.1) is 0 Å². The van der Waals surface area contributed by atoms with Crippen LogP contribution < -0.4 is 14.8 Å². The standard InChI is InChI=1S/C14H15ClN2O3S/c1-19-11-3-9(4-12(5-11)20-2)16-13(18)6-14-17-10(7-15)8-21-14/h3-5,8H,6-7H2,1-2H3,(H,16,18). The first-order valence-corrected chi connectivity index (χ1v) is 7.58. The number of nitrogens with one attached hydrogen (secondary N) is 1. The lowest BCUT2D eigenvalue weighted by Crippen LogP contribution is -2.14. The number of methoxy groups -OCH3 is 2. The molecule has 0 aliphatic carbocycles. The third kappa shape index (κ3) is 4.34. The highest BCUT2D eigenvalue weighted by Crippen LogP contribution is 2.26. The number of thiazole rings is 1. The average molecular weight is 327 g/mol. The van der Waals surface area contributed by atoms with Gasteiger partial charge in [-0.2, -0.15) is 0 Å². The minimum Gasteiger partial charge on any atom is -0.497 e. The summed E-state index contributed by atoms with van der Waals surface area (Å²) in [6.45, 7) is 0. The highest BCUT2D eigenvalue weighted by atomic mass is 35.5. The van der Waals surface area contributed by atoms with Crippen LogP contribution in [0.1, 0.15) is 10.7 Å². The molecule has 0 atom stereocenters. The Labute approximate surface area is 131 Å². The zero-order valence-corrected chi connectivity index (χ0v) is 13.3. The number of nitrogens with zero attached hydrogens (tertiary/aromatic N) is 1. The summed E-state index contributed by atoms with van der Waals surface area (Å²) >= 11 is 7.11. The second-order valence-corrected chi connectivity index (χ2v) is 5.40. The minimum atomic E-state index is -0.152. The second kappa shape index (κ2) is 7.28. The topological polar surface area (TPSA) is 60.5 Å². The van der Waals surface area contributed by atoms with Crippen LogP contribution in [-0.4, -0.2) is 25.1 Å². The molecule has 1 aromatic carbocycles. The van der Waals surface area contributed by atoms with Crippen LogP contribution in [0.4, 0.5) is 5.69 Å². The maximum absolute atomic E-state index is 12.0. The van der Waals surface area contributed by atoms with E-state index in [0.717, 1.165) is 10.7 Å². The van der Waals surface area contributed by atoms with E-state index < -0.39 is 0 Å². The highest BCUT2D eigenvalue weighted by Gasteiger charge is 2.10. The van der Waals surface area contributed by atoms with Crippen molar-refractivity contribution < 1.29 is 14.3 Å². The van der Waals surface area contributed by atoms with Crippen LogP contribution in [0.2, 0.25) is 0 Å². The van der Waals surface area contributed by atoms with Gasteiger partial charge in [0, 0.05) is 29.3 Å². The van der Waals surface area contributed by atoms with Gasteiger partial charge in [0.15, 0.2) is 0 Å². The normalized spacial score (nSPS) is 10.2. The summed E-state index contributed by atoms with van der Waals surface area (Å²) in [5, 5.41) is 5.39. The van der Waals surface area contributed by atoms with Gasteiger partial charge in [-0.1, -0.05) is 0 Å². The van der Waals surface area contributed by atoms with Crippen molar-refractivity contribution in [3.05, 3.63) is 34.3 Å². The molecule has 0 saturated heterocycles. The van der Waals surface area contributed by atoms with Crippen molar-refractivity contribution in [2.45, 2.75) is 12.3 Å². The number of anilines is 1. The number of ether oxygens (including phenoxy) is 2. The molecule has 0 radical (unpaired) electrons. The van der Waals surface area contributed by atoms with Gasteiger partial charge in [-0.15, -0.1) is 22.9 Å². The van der Waals surface area contributed by atoms with Crippen molar-refractivity contribution in [2.24, 2.45) is 0 Å². The van der Waals surface area contributed by atoms with Crippen LogP contribution in [0.15, 0.2) is 23.6 Å². The fraction of sp³-hybridized carbons (Fsp3) is 0.286. The fourth-order valence-electron chi connectivity index (χ4n) is 1.71. The lowest BCUT2D eigenvalue weighted by atomic mass is 10.2. The number of benzene rings is 1. The van der Waals surface area contributed by atoms with E-state index in [9.17, 15) is 4.79 Å². The van der Waals surface area contributed by atoms with E-state index in [-0.39, 0.29) is 12.3 Å². The van der Waals surface area contributed by atoms with Gasteiger partial charge < -0.3 is 14.8 Å². The molecule has 1 heterocycles. The lowest BCUT2D eigenvalue weighted by Gasteiger charge is -2.09. The van der Waals surface area contributed by atoms with Gasteiger partial charge in [-0.3, -0.25) is 4.79 Å². The molecule has 21 heavy (non-hydrogen) atoms. The Hall–Kier alpha value is -1.79. The largest absolute Gasteiger partial charge is 0.497 e. The smallest absolute Gasteiger partial charge is 0.231 e. The maximum atomic E-state index is 12.0. The minimum absolute atomic E-state index is 0.152. The van der Waals surface area contributed by atoms with Gasteiger partial charge >= 0.3 is 0 Å². The van der Waals surface area contributed by atoms with Crippen LogP contribution >= 0.6 is 22.9 Å². The summed E-state index contributed by atoms with van der Waals surface area (Å²) in [7, 11) is 3.12. The molecule has 1 aromatic heterocycles. The quantitative estimate of drug-likeness (QED) is 0.829. The Morgan fingerprint density at radius 3 is 2.48 bits per heavy atom. The van der Waals surface area contributed by atoms with E-state index in [4.69, 9.17) is 21.1 Å². The molecule has 0 saturated carbocycles. The van der Waals surface area contributed by atoms with E-state index in [0.29, 0.717) is 23.1 Å². The average Bonchev–Trinajstić information content (AvgIpc) is 2.94. The zero-order valence-electron chi connectivity index (χ0n) is 11.7. The Bertz CT molecular complexity index is 608. The monoisotopic (exact) mass is 326 g/mol. The predicted molar refractivity (Wildman–Crippen MR) is 83.6 cm³/mol. The third-order valence-corrected chi connectivity index (χ3v) is 3.85. The van der Waals surface area contributed by atoms with Crippen molar-refractivity contribution >= 4 is 34.5 Å². The second-order valence-electron chi connectivity index (χ2n) is 4.19. The van der Waals surface area contributed by atoms with Crippen LogP contribution in [0.25, 0.3) is 0 Å². The molecular formula is C14H15ClN2O3S. The van der Waals surface area contributed by atoms with E-state index in [1.165, 1.54) is 11.3 Å². The van der Waals surface area contributed by atoms with Gasteiger partial charge in [0.2, 0.25) is 5.91 Å². The number of alkyl halides is 1. The number of hydrogen-bond donors (Lipinski definition) is 1. The number of aromatic nitrogens is 1. The number of amides is 1. The van der Waals surface area contributed by atoms with Crippen molar-refractivity contribution in [2.75, 3.05) is 19.5 Å². The first-order chi connectivity index (χ1) is 10.1. The number of halogens is 1. The molecule has 0 fully saturated rings. The van der Waals surface area contributed by atoms with E-state index >= 15 is 0 Å². The molecule has 0 bridgehead atoms. The summed E-state index contributed by atoms with van der Waals surface area (Å²) in [4.78, 5) is 16.3. The highest BCUT2D eigenvalue weighted by molar-refractivity contribution is 7.09. The van der Waals surface area contributed by atoms with E-state index in [2.05, 4.69) is 10.3 Å². The first kappa shape index (κ1) is 15.6. The molecule has 2 rings (SSSR count). The predicted octanol–water partition coefficient (Wildman–Crippen LogP) is 3.08. The van der Waals surface area contributed by atoms with E-state index in [1.54, 1.807) is 32.4 Å². The molecule has 0 unspecified atom stereocenters. The Kier molecular flexibility index (Phi) is 5.41. The van der Waals surface area contributed by atoms with Crippen molar-refractivity contribution in [3.63, 3.8) is 0 Å². The molecule has 0 spiro atoms. The van der Waals surface area contributed by atoms with Gasteiger partial charge in [-0.25, -0.2) is 4.98 Å². The van der Waals surface area contributed by atoms with Gasteiger partial charge in [0.05, 0.1) is 32.2 Å². The summed E-state index contributed by atoms with van der Waals surface area (Å²) in [5.74, 6) is 1.43. The third-order valence-electron chi connectivity index (χ3n) is 2.68. The van der Waals surface area contributed by atoms with E-state index in [1.807, 2.05) is 5.38 Å². The SMILES string of the molecule is COc1cc(NC(=O)Cc2nc(CCl)cs2)cc(OC)c1. The number of rotatable bonds is 6. The number of carbonyl (C=O) groups is 1. The van der Waals surface area contributed by atoms with Crippen LogP contribution in [-0.2, 0) is 17.1 Å². The summed E-state index contributed by atoms with van der Waals surface area (Å²) in [6.07, 6.45) is 0.209. The van der Waals surface area contributed by atoms with Crippen molar-refractivity contribution in [1.82, 2.24) is 4.98 Å². The maximum Gasteiger partial charge on any atom is 0.231 e. The lowest BCUT2D eigenvalue weighted by molar-refractivity contribution is -0.115. The number of hydrogen-bond acceptors (Lipinski definition) is 5. The van der Waals surface area contributed by atoms with Gasteiger partial charge in [-0.05, 0) is 0 Å². The molecule has 1 amide bonds. The number of carbonyl (C=O) groups excluding carboxylic acids is 1. The molecule has 1 N–H and O–H groups in total. The molecule has 0 aliphatic heterocycles. The summed E-state index contributed by atoms with van der Waals surface area (Å²) < 4.78 is 10.3. The Morgan fingerprint density at radius 2 is 1.95 bits per heavy atom. The van der Waals surface area contributed by atoms with Crippen LogP contribution in [0.5, 0.6) is 11.5 Å². The van der Waals surface area contributed by atoms with Gasteiger partial charge in [0.1, 0.15) is 16.5 Å². The molecule has 0 aliphatic rings. The summed E-state index contributed by atoms with van der Waals surface area (Å²) in [5.41, 5.74) is 1.40. The zero-order chi connectivity index (χ0) is 15.2. The molecule has 112 valence electrons. The molecule has 2 aromatic rings. The Balaban J connectivity index is 2.04. The molecule has 5 nitrogen and oxygen atoms in total. The van der Waals surface area contributed by atoms with Crippen molar-refractivity contribution in [3.8, 4) is 11.5 Å². The van der Waals surface area contributed by atoms with Gasteiger partial charge in [0.25, 0.3) is 0 Å². The molecule has 7 heteroatoms. The van der Waals surface area contributed by atoms with Crippen molar-refractivity contribution in [1.29, 1.82) is 0 Å². The molecular weight excluding hydrogens is 312 g/mol.